The molecule has 11 nitrogen and oxygen atoms in total. The molecule has 1 aromatic heterocycles. The van der Waals surface area contributed by atoms with Crippen LogP contribution < -0.4 is 0 Å². The van der Waals surface area contributed by atoms with E-state index in [1.54, 1.807) is 13.0 Å². The minimum atomic E-state index is -1.77. The molecule has 0 aromatic carbocycles. The summed E-state index contributed by atoms with van der Waals surface area (Å²) in [6.07, 6.45) is 6.03. The first-order chi connectivity index (χ1) is 17.2. The summed E-state index contributed by atoms with van der Waals surface area (Å²) in [6.45, 7) is 1.62. The van der Waals surface area contributed by atoms with Crippen molar-refractivity contribution in [2.45, 2.75) is 13.0 Å². The van der Waals surface area contributed by atoms with Crippen LogP contribution in [0.2, 0.25) is 5.15 Å². The van der Waals surface area contributed by atoms with E-state index in [4.69, 9.17) is 35.3 Å². The molecule has 190 valence electrons. The van der Waals surface area contributed by atoms with Crippen molar-refractivity contribution in [3.8, 4) is 0 Å². The van der Waals surface area contributed by atoms with Gasteiger partial charge in [-0.25, -0.2) is 24.0 Å². The highest BCUT2D eigenvalue weighted by atomic mass is 35.5. The number of carbonyl (C=O) groups is 5. The highest BCUT2D eigenvalue weighted by Gasteiger charge is 2.46. The number of esters is 5. The highest BCUT2D eigenvalue weighted by molar-refractivity contribution is 6.34. The molecular formula is C24H22ClNO10. The fraction of sp³-hybridized carbons (Fsp3) is 0.292. The summed E-state index contributed by atoms with van der Waals surface area (Å²) in [7, 11) is 4.17. The van der Waals surface area contributed by atoms with Gasteiger partial charge in [0.1, 0.15) is 10.7 Å². The molecule has 0 fully saturated rings. The summed E-state index contributed by atoms with van der Waals surface area (Å²) >= 11 is 6.67. The van der Waals surface area contributed by atoms with E-state index in [1.165, 1.54) is 18.2 Å². The van der Waals surface area contributed by atoms with Crippen LogP contribution in [0.1, 0.15) is 34.6 Å². The molecule has 3 rings (SSSR count). The van der Waals surface area contributed by atoms with Crippen LogP contribution in [-0.4, -0.2) is 69.5 Å². The summed E-state index contributed by atoms with van der Waals surface area (Å²) < 4.78 is 25.9. The second-order valence-corrected chi connectivity index (χ2v) is 7.57. The average Bonchev–Trinajstić information content (AvgIpc) is 2.99. The zero-order chi connectivity index (χ0) is 26.7. The van der Waals surface area contributed by atoms with Gasteiger partial charge in [0.15, 0.2) is 6.04 Å². The first-order valence-corrected chi connectivity index (χ1v) is 10.8. The fourth-order valence-electron chi connectivity index (χ4n) is 4.06. The van der Waals surface area contributed by atoms with E-state index in [-0.39, 0.29) is 34.2 Å². The van der Waals surface area contributed by atoms with Crippen molar-refractivity contribution in [2.24, 2.45) is 0 Å². The molecule has 2 heterocycles. The monoisotopic (exact) mass is 519 g/mol. The molecule has 0 saturated heterocycles. The van der Waals surface area contributed by atoms with Gasteiger partial charge in [-0.15, -0.1) is 0 Å². The van der Waals surface area contributed by atoms with E-state index in [0.717, 1.165) is 33.0 Å². The van der Waals surface area contributed by atoms with Crippen LogP contribution in [0.4, 0.5) is 0 Å². The molecule has 1 unspecified atom stereocenters. The highest BCUT2D eigenvalue weighted by Crippen LogP contribution is 2.46. The van der Waals surface area contributed by atoms with Crippen LogP contribution in [0.5, 0.6) is 0 Å². The van der Waals surface area contributed by atoms with Crippen molar-refractivity contribution in [1.29, 1.82) is 0 Å². The number of carbonyl (C=O) groups excluding carboxylic acids is 5. The smallest absolute Gasteiger partial charge is 0.341 e. The summed E-state index contributed by atoms with van der Waals surface area (Å²) in [4.78, 5) is 65.4. The number of allylic oxidation sites excluding steroid dienone is 4. The number of aromatic nitrogens is 1. The molecular weight excluding hydrogens is 498 g/mol. The number of methoxy groups -OCH3 is 4. The summed E-state index contributed by atoms with van der Waals surface area (Å²) in [5.74, 6) is -5.17. The van der Waals surface area contributed by atoms with Gasteiger partial charge in [0.2, 0.25) is 0 Å². The molecule has 0 amide bonds. The minimum absolute atomic E-state index is 0.0208. The quantitative estimate of drug-likeness (QED) is 0.406. The van der Waals surface area contributed by atoms with E-state index in [1.807, 2.05) is 0 Å². The van der Waals surface area contributed by atoms with Crippen LogP contribution in [0.15, 0.2) is 34.9 Å². The number of halogens is 1. The predicted molar refractivity (Wildman–Crippen MR) is 125 cm³/mol. The van der Waals surface area contributed by atoms with Gasteiger partial charge in [-0.05, 0) is 6.92 Å². The Balaban J connectivity index is 2.69. The lowest BCUT2D eigenvalue weighted by Crippen LogP contribution is -2.30. The second kappa shape index (κ2) is 10.6. The van der Waals surface area contributed by atoms with Crippen molar-refractivity contribution in [3.05, 3.63) is 56.9 Å². The number of ether oxygens (including phenoxy) is 5. The van der Waals surface area contributed by atoms with E-state index >= 15 is 0 Å². The van der Waals surface area contributed by atoms with Crippen LogP contribution in [0.25, 0.3) is 11.6 Å². The summed E-state index contributed by atoms with van der Waals surface area (Å²) in [5.41, 5.74) is -1.49. The molecule has 0 spiro atoms. The zero-order valence-electron chi connectivity index (χ0n) is 20.0. The first kappa shape index (κ1) is 26.5. The SMILES string of the molecule is CCOC(=O)c1c2c3n(c1Cl)C(C(=O)OC)C(C(=O)OC)=C(C(=O)OC)C(C(=O)OC)=C3C=CC=C2. The third-order valence-electron chi connectivity index (χ3n) is 5.48. The van der Waals surface area contributed by atoms with E-state index < -0.39 is 52.6 Å². The Morgan fingerprint density at radius 3 is 1.97 bits per heavy atom. The van der Waals surface area contributed by atoms with Gasteiger partial charge in [-0.3, -0.25) is 0 Å². The van der Waals surface area contributed by atoms with E-state index in [0.29, 0.717) is 0 Å². The maximum Gasteiger partial charge on any atom is 0.341 e. The van der Waals surface area contributed by atoms with Crippen LogP contribution in [0.3, 0.4) is 0 Å². The summed E-state index contributed by atoms with van der Waals surface area (Å²) in [5, 5.41) is -0.303. The molecule has 1 aliphatic carbocycles. The van der Waals surface area contributed by atoms with Crippen molar-refractivity contribution in [3.63, 3.8) is 0 Å². The Morgan fingerprint density at radius 2 is 1.42 bits per heavy atom. The number of hydrogen-bond donors (Lipinski definition) is 0. The van der Waals surface area contributed by atoms with E-state index in [9.17, 15) is 24.0 Å². The molecule has 1 aromatic rings. The van der Waals surface area contributed by atoms with Gasteiger partial charge in [-0.1, -0.05) is 35.9 Å². The molecule has 1 atom stereocenters. The first-order valence-electron chi connectivity index (χ1n) is 10.5. The minimum Gasteiger partial charge on any atom is -0.467 e. The fourth-order valence-corrected chi connectivity index (χ4v) is 4.42. The molecule has 0 radical (unpaired) electrons. The average molecular weight is 520 g/mol. The van der Waals surface area contributed by atoms with Crippen molar-refractivity contribution in [2.75, 3.05) is 35.0 Å². The van der Waals surface area contributed by atoms with Crippen LogP contribution >= 0.6 is 11.6 Å². The molecule has 1 aliphatic heterocycles. The van der Waals surface area contributed by atoms with Gasteiger partial charge >= 0.3 is 29.8 Å². The predicted octanol–water partition coefficient (Wildman–Crippen LogP) is 2.20. The van der Waals surface area contributed by atoms with Crippen LogP contribution in [0, 0.1) is 0 Å². The molecule has 2 aliphatic rings. The lowest BCUT2D eigenvalue weighted by molar-refractivity contribution is -0.147. The molecule has 0 saturated carbocycles. The van der Waals surface area contributed by atoms with Gasteiger partial charge in [-0.2, -0.15) is 0 Å². The number of hydrogen-bond acceptors (Lipinski definition) is 10. The largest absolute Gasteiger partial charge is 0.467 e. The lowest BCUT2D eigenvalue weighted by Gasteiger charge is -2.22. The van der Waals surface area contributed by atoms with Crippen molar-refractivity contribution >= 4 is 53.1 Å². The van der Waals surface area contributed by atoms with E-state index in [2.05, 4.69) is 0 Å². The molecule has 0 N–H and O–H groups in total. The Bertz CT molecular complexity index is 1290. The standard InChI is InChI=1S/C24H22ClNO10/c1-6-36-23(30)14-12-10-8-7-9-11-13(20(27)32-2)15(21(28)33-3)16(22(29)34-4)18(24(31)35-5)26(17(11)12)19(14)25/h7-10,18H,6H2,1-5H3. The van der Waals surface area contributed by atoms with Crippen molar-refractivity contribution < 1.29 is 47.7 Å². The summed E-state index contributed by atoms with van der Waals surface area (Å²) in [6, 6.07) is -1.77. The third-order valence-corrected chi connectivity index (χ3v) is 5.85. The molecule has 0 bridgehead atoms. The normalized spacial score (nSPS) is 16.0. The zero-order valence-corrected chi connectivity index (χ0v) is 20.8. The maximum atomic E-state index is 13.2. The maximum absolute atomic E-state index is 13.2. The van der Waals surface area contributed by atoms with Gasteiger partial charge in [0.25, 0.3) is 0 Å². The van der Waals surface area contributed by atoms with Gasteiger partial charge in [0.05, 0.1) is 57.5 Å². The lowest BCUT2D eigenvalue weighted by atomic mass is 9.91. The number of nitrogens with zero attached hydrogens (tertiary/aromatic N) is 1. The Morgan fingerprint density at radius 1 is 0.833 bits per heavy atom. The Hall–Kier alpha value is -4.12. The van der Waals surface area contributed by atoms with Crippen molar-refractivity contribution in [1.82, 2.24) is 4.57 Å². The molecule has 12 heteroatoms. The van der Waals surface area contributed by atoms with Crippen LogP contribution in [-0.2, 0) is 42.9 Å². The topological polar surface area (TPSA) is 136 Å². The number of rotatable bonds is 6. The second-order valence-electron chi connectivity index (χ2n) is 7.21. The third kappa shape index (κ3) is 4.11. The Kier molecular flexibility index (Phi) is 7.83. The van der Waals surface area contributed by atoms with Gasteiger partial charge < -0.3 is 28.3 Å². The molecule has 36 heavy (non-hydrogen) atoms. The Labute approximate surface area is 210 Å². The van der Waals surface area contributed by atoms with Gasteiger partial charge in [0, 0.05) is 11.1 Å².